The van der Waals surface area contributed by atoms with E-state index in [1.165, 1.54) is 45.0 Å². The van der Waals surface area contributed by atoms with Gasteiger partial charge in [-0.25, -0.2) is 0 Å². The second-order valence-electron chi connectivity index (χ2n) is 9.37. The molecule has 2 aliphatic heterocycles. The van der Waals surface area contributed by atoms with Gasteiger partial charge in [-0.3, -0.25) is 0 Å². The van der Waals surface area contributed by atoms with E-state index >= 15 is 0 Å². The molecule has 0 saturated carbocycles. The number of rotatable bonds is 4. The van der Waals surface area contributed by atoms with Crippen LogP contribution in [0.25, 0.3) is 0 Å². The van der Waals surface area contributed by atoms with Gasteiger partial charge in [-0.05, 0) is 60.4 Å². The van der Waals surface area contributed by atoms with E-state index in [2.05, 4.69) is 134 Å². The molecule has 7 heteroatoms. The number of para-hydroxylation sites is 4. The van der Waals surface area contributed by atoms with E-state index in [0.29, 0.717) is 0 Å². The van der Waals surface area contributed by atoms with Crippen molar-refractivity contribution in [1.29, 1.82) is 0 Å². The van der Waals surface area contributed by atoms with Gasteiger partial charge in [0.05, 0.1) is 22.7 Å². The van der Waals surface area contributed by atoms with Crippen molar-refractivity contribution in [3.05, 3.63) is 133 Å². The molecule has 0 spiro atoms. The van der Waals surface area contributed by atoms with Crippen LogP contribution in [0.4, 0.5) is 22.7 Å². The van der Waals surface area contributed by atoms with Crippen LogP contribution < -0.4 is 19.6 Å². The van der Waals surface area contributed by atoms with Crippen LogP contribution in [0.3, 0.4) is 0 Å². The fraction of sp³-hybridized carbons (Fsp3) is 0.188. The van der Waals surface area contributed by atoms with Crippen LogP contribution in [0.5, 0.6) is 0 Å². The standard InChI is InChI=1S/2C16H16N2.2ClH.Pd/c2*1-13-7-3-4-8-14(13)11-18-12-17(2)15-9-5-6-10-16(15)18;;;/h2*3-10H,11H2,1-2H3;2*1H;/q;;;;+2/p-2. The molecule has 6 rings (SSSR count). The summed E-state index contributed by atoms with van der Waals surface area (Å²) in [5.41, 5.74) is 10.2. The molecule has 2 heterocycles. The number of anilines is 4. The molecule has 0 N–H and O–H groups in total. The maximum absolute atomic E-state index is 4.81. The topological polar surface area (TPSA) is 13.0 Å². The van der Waals surface area contributed by atoms with Crippen molar-refractivity contribution in [2.75, 3.05) is 33.7 Å². The first-order chi connectivity index (χ1) is 18.9. The Balaban J connectivity index is 0.000000165. The quantitative estimate of drug-likeness (QED) is 0.206. The third-order valence-electron chi connectivity index (χ3n) is 6.79. The maximum atomic E-state index is 4.81. The Morgan fingerprint density at radius 3 is 1.21 bits per heavy atom. The first kappa shape index (κ1) is 29.3. The van der Waals surface area contributed by atoms with Gasteiger partial charge in [-0.2, -0.15) is 0 Å². The first-order valence-electron chi connectivity index (χ1n) is 12.6. The van der Waals surface area contributed by atoms with E-state index in [9.17, 15) is 0 Å². The van der Waals surface area contributed by atoms with Crippen molar-refractivity contribution in [3.63, 3.8) is 0 Å². The van der Waals surface area contributed by atoms with E-state index in [1.54, 1.807) is 0 Å². The predicted molar refractivity (Wildman–Crippen MR) is 163 cm³/mol. The van der Waals surface area contributed by atoms with Gasteiger partial charge in [0.1, 0.15) is 0 Å². The van der Waals surface area contributed by atoms with Crippen molar-refractivity contribution in [2.24, 2.45) is 0 Å². The molecule has 4 nitrogen and oxygen atoms in total. The Kier molecular flexibility index (Phi) is 10.6. The van der Waals surface area contributed by atoms with Crippen molar-refractivity contribution in [2.45, 2.75) is 26.9 Å². The zero-order chi connectivity index (χ0) is 27.8. The number of fused-ring (bicyclic) bond motifs is 2. The first-order valence-corrected chi connectivity index (χ1v) is 16.6. The minimum absolute atomic E-state index is 0.106. The summed E-state index contributed by atoms with van der Waals surface area (Å²) in [6.07, 6.45) is 0. The summed E-state index contributed by atoms with van der Waals surface area (Å²) in [6.45, 7) is 12.8. The average molecular weight is 650 g/mol. The molecule has 0 atom stereocenters. The molecule has 0 fully saturated rings. The van der Waals surface area contributed by atoms with E-state index < -0.39 is 0 Å². The second-order valence-corrected chi connectivity index (χ2v) is 11.7. The van der Waals surface area contributed by atoms with Gasteiger partial charge in [-0.1, -0.05) is 72.8 Å². The third-order valence-corrected chi connectivity index (χ3v) is 6.79. The van der Waals surface area contributed by atoms with Gasteiger partial charge >= 0.3 is 35.0 Å². The van der Waals surface area contributed by atoms with Crippen molar-refractivity contribution >= 4 is 41.8 Å². The molecule has 4 radical (unpaired) electrons. The molecule has 0 aliphatic carbocycles. The molecule has 4 aromatic carbocycles. The average Bonchev–Trinajstić information content (AvgIpc) is 3.44. The zero-order valence-electron chi connectivity index (χ0n) is 22.5. The van der Waals surface area contributed by atoms with Crippen LogP contribution >= 0.6 is 19.1 Å². The number of hydrogen-bond donors (Lipinski definition) is 0. The number of benzene rings is 4. The SMILES string of the molecule is Cc1ccccc1CN1[C]N(C)c2ccccc21.Cc1ccccc1CN1[C]N(C)c2ccccc21.[Cl][Pd][Cl]. The van der Waals surface area contributed by atoms with Crippen LogP contribution in [0.1, 0.15) is 22.3 Å². The summed E-state index contributed by atoms with van der Waals surface area (Å²) in [7, 11) is 13.7. The molecule has 0 amide bonds. The Hall–Kier alpha value is -2.68. The van der Waals surface area contributed by atoms with Crippen LogP contribution in [0, 0.1) is 27.2 Å². The van der Waals surface area contributed by atoms with E-state index in [0.717, 1.165) is 13.1 Å². The van der Waals surface area contributed by atoms with E-state index in [4.69, 9.17) is 19.1 Å². The molecule has 4 aromatic rings. The van der Waals surface area contributed by atoms with Gasteiger partial charge in [0, 0.05) is 27.2 Å². The van der Waals surface area contributed by atoms with Crippen LogP contribution in [0.15, 0.2) is 97.1 Å². The van der Waals surface area contributed by atoms with Crippen LogP contribution in [0.2, 0.25) is 0 Å². The molecule has 0 aromatic heterocycles. The fourth-order valence-electron chi connectivity index (χ4n) is 4.69. The van der Waals surface area contributed by atoms with Crippen molar-refractivity contribution in [1.82, 2.24) is 0 Å². The van der Waals surface area contributed by atoms with Gasteiger partial charge in [0.15, 0.2) is 0 Å². The van der Waals surface area contributed by atoms with Gasteiger partial charge in [-0.15, -0.1) is 0 Å². The molecular formula is C32H32Cl2N4Pd. The van der Waals surface area contributed by atoms with E-state index in [-0.39, 0.29) is 15.9 Å². The molecule has 39 heavy (non-hydrogen) atoms. The Morgan fingerprint density at radius 1 is 0.538 bits per heavy atom. The summed E-state index contributed by atoms with van der Waals surface area (Å²) in [6, 6.07) is 33.8. The Morgan fingerprint density at radius 2 is 0.846 bits per heavy atom. The number of hydrogen-bond acceptors (Lipinski definition) is 4. The van der Waals surface area contributed by atoms with Crippen LogP contribution in [-0.4, -0.2) is 14.1 Å². The van der Waals surface area contributed by atoms with Crippen molar-refractivity contribution in [3.8, 4) is 0 Å². The second kappa shape index (κ2) is 14.1. The van der Waals surface area contributed by atoms with E-state index in [1.807, 2.05) is 23.9 Å². The normalized spacial score (nSPS) is 13.4. The summed E-state index contributed by atoms with van der Waals surface area (Å²) in [5.74, 6) is 0. The Bertz CT molecular complexity index is 1260. The van der Waals surface area contributed by atoms with Crippen LogP contribution in [-0.2, 0) is 29.0 Å². The van der Waals surface area contributed by atoms with Crippen molar-refractivity contribution < 1.29 is 15.9 Å². The number of aryl methyl sites for hydroxylation is 2. The fourth-order valence-corrected chi connectivity index (χ4v) is 4.69. The van der Waals surface area contributed by atoms with Gasteiger partial charge < -0.3 is 19.6 Å². The molecule has 0 bridgehead atoms. The monoisotopic (exact) mass is 648 g/mol. The number of halogens is 2. The molecular weight excluding hydrogens is 618 g/mol. The molecule has 0 saturated heterocycles. The Labute approximate surface area is 249 Å². The third kappa shape index (κ3) is 7.30. The zero-order valence-corrected chi connectivity index (χ0v) is 25.6. The molecule has 204 valence electrons. The summed E-state index contributed by atoms with van der Waals surface area (Å²) >= 11 is -0.106. The number of nitrogens with zero attached hydrogens (tertiary/aromatic N) is 4. The minimum atomic E-state index is -0.106. The summed E-state index contributed by atoms with van der Waals surface area (Å²) in [4.78, 5) is 8.45. The molecule has 0 unspecified atom stereocenters. The summed E-state index contributed by atoms with van der Waals surface area (Å²) < 4.78 is 0. The summed E-state index contributed by atoms with van der Waals surface area (Å²) in [5, 5.41) is 0. The van der Waals surface area contributed by atoms with Gasteiger partial charge in [0.25, 0.3) is 0 Å². The predicted octanol–water partition coefficient (Wildman–Crippen LogP) is 8.27. The van der Waals surface area contributed by atoms with Gasteiger partial charge in [0.2, 0.25) is 13.3 Å². The molecule has 2 aliphatic rings.